The fourth-order valence-corrected chi connectivity index (χ4v) is 0.673. The summed E-state index contributed by atoms with van der Waals surface area (Å²) in [5, 5.41) is 0. The Balaban J connectivity index is 0.000000354. The van der Waals surface area contributed by atoms with Crippen molar-refractivity contribution >= 4 is 26.8 Å². The van der Waals surface area contributed by atoms with E-state index >= 15 is 0 Å². The highest BCUT2D eigenvalue weighted by Gasteiger charge is 1.92. The molecule has 0 radical (unpaired) electrons. The topological polar surface area (TPSA) is 26.3 Å². The number of rotatable bonds is 1. The maximum atomic E-state index is 10.6. The maximum Gasteiger partial charge on any atom is 0.159 e. The molecule has 0 aliphatic carbocycles. The smallest absolute Gasteiger partial charge is 0.159 e. The van der Waals surface area contributed by atoms with Gasteiger partial charge in [-0.3, -0.25) is 4.79 Å². The molecular weight excluding hydrogens is 184 g/mol. The van der Waals surface area contributed by atoms with Gasteiger partial charge in [-0.15, -0.1) is 0 Å². The van der Waals surface area contributed by atoms with Gasteiger partial charge in [0, 0.05) is 5.56 Å². The van der Waals surface area contributed by atoms with E-state index in [0.29, 0.717) is 0 Å². The fourth-order valence-electron chi connectivity index (χ4n) is 0.673. The third kappa shape index (κ3) is 5.00. The van der Waals surface area contributed by atoms with Gasteiger partial charge < -0.3 is 4.12 Å². The highest BCUT2D eigenvalue weighted by atomic mass is 28.3. The minimum absolute atomic E-state index is 0.121. The van der Waals surface area contributed by atoms with Gasteiger partial charge in [-0.05, 0) is 6.92 Å². The Morgan fingerprint density at radius 3 is 1.92 bits per heavy atom. The lowest BCUT2D eigenvalue weighted by molar-refractivity contribution is 0.101. The molecular formula is C8H14O2Si2. The Hall–Kier alpha value is -0.716. The molecule has 2 nitrogen and oxygen atoms in total. The van der Waals surface area contributed by atoms with Crippen molar-refractivity contribution in [2.45, 2.75) is 6.92 Å². The summed E-state index contributed by atoms with van der Waals surface area (Å²) in [6.07, 6.45) is 0. The lowest BCUT2D eigenvalue weighted by Gasteiger charge is -1.89. The molecule has 0 aliphatic rings. The van der Waals surface area contributed by atoms with Crippen LogP contribution in [0.1, 0.15) is 17.3 Å². The van der Waals surface area contributed by atoms with Crippen LogP contribution in [0.3, 0.4) is 0 Å². The van der Waals surface area contributed by atoms with Crippen LogP contribution in [0.5, 0.6) is 0 Å². The third-order valence-corrected chi connectivity index (χ3v) is 1.18. The minimum atomic E-state index is 0.121. The first-order valence-corrected chi connectivity index (χ1v) is 5.31. The van der Waals surface area contributed by atoms with E-state index in [2.05, 4.69) is 4.12 Å². The van der Waals surface area contributed by atoms with Crippen LogP contribution in [-0.4, -0.2) is 26.8 Å². The van der Waals surface area contributed by atoms with Crippen molar-refractivity contribution < 1.29 is 8.91 Å². The number of benzene rings is 1. The van der Waals surface area contributed by atoms with E-state index in [1.165, 1.54) is 0 Å². The minimum Gasteiger partial charge on any atom is -0.471 e. The summed E-state index contributed by atoms with van der Waals surface area (Å²) in [6, 6.07) is 9.23. The number of hydrogen-bond donors (Lipinski definition) is 0. The molecule has 0 atom stereocenters. The number of Topliss-reactive ketones (excluding diaryl/α,β-unsaturated/α-hetero) is 1. The van der Waals surface area contributed by atoms with Gasteiger partial charge in [-0.1, -0.05) is 30.3 Å². The van der Waals surface area contributed by atoms with E-state index in [-0.39, 0.29) is 5.78 Å². The van der Waals surface area contributed by atoms with E-state index in [9.17, 15) is 4.79 Å². The first kappa shape index (κ1) is 11.3. The van der Waals surface area contributed by atoms with Gasteiger partial charge in [-0.2, -0.15) is 0 Å². The first-order chi connectivity index (χ1) is 5.72. The average molecular weight is 198 g/mol. The fraction of sp³-hybridized carbons (Fsp3) is 0.125. The van der Waals surface area contributed by atoms with Crippen LogP contribution in [0.25, 0.3) is 0 Å². The second-order valence-electron chi connectivity index (χ2n) is 2.33. The predicted molar refractivity (Wildman–Crippen MR) is 57.4 cm³/mol. The summed E-state index contributed by atoms with van der Waals surface area (Å²) >= 11 is 0. The molecule has 0 saturated heterocycles. The van der Waals surface area contributed by atoms with Crippen molar-refractivity contribution in [2.24, 2.45) is 0 Å². The van der Waals surface area contributed by atoms with Crippen molar-refractivity contribution in [1.82, 2.24) is 0 Å². The maximum absolute atomic E-state index is 10.6. The Kier molecular flexibility index (Phi) is 6.55. The van der Waals surface area contributed by atoms with Crippen LogP contribution in [0, 0.1) is 0 Å². The van der Waals surface area contributed by atoms with Gasteiger partial charge in [0.2, 0.25) is 0 Å². The molecule has 0 aliphatic heterocycles. The molecule has 0 saturated carbocycles. The van der Waals surface area contributed by atoms with Gasteiger partial charge in [0.25, 0.3) is 0 Å². The van der Waals surface area contributed by atoms with Crippen molar-refractivity contribution in [2.75, 3.05) is 0 Å². The standard InChI is InChI=1S/C8H8O.H6OSi2/c1-7(9)8-5-3-2-4-6-8;2-1-3/h2-6H,1H3;2-3H3. The summed E-state index contributed by atoms with van der Waals surface area (Å²) in [5.74, 6) is 0.121. The molecule has 1 aromatic rings. The van der Waals surface area contributed by atoms with Gasteiger partial charge in [0.05, 0.1) is 0 Å². The van der Waals surface area contributed by atoms with Crippen molar-refractivity contribution in [3.8, 4) is 0 Å². The number of hydrogen-bond acceptors (Lipinski definition) is 2. The SMILES string of the molecule is CC(=O)c1ccccc1.[SiH3]O[SiH3]. The Morgan fingerprint density at radius 2 is 1.67 bits per heavy atom. The summed E-state index contributed by atoms with van der Waals surface area (Å²) < 4.78 is 4.53. The van der Waals surface area contributed by atoms with E-state index in [4.69, 9.17) is 0 Å². The van der Waals surface area contributed by atoms with Crippen LogP contribution in [-0.2, 0) is 4.12 Å². The normalized spacial score (nSPS) is 8.75. The molecule has 0 unspecified atom stereocenters. The molecule has 1 aromatic carbocycles. The molecule has 0 heterocycles. The predicted octanol–water partition coefficient (Wildman–Crippen LogP) is -0.547. The van der Waals surface area contributed by atoms with Crippen LogP contribution < -0.4 is 0 Å². The highest BCUT2D eigenvalue weighted by molar-refractivity contribution is 6.15. The van der Waals surface area contributed by atoms with Gasteiger partial charge >= 0.3 is 0 Å². The summed E-state index contributed by atoms with van der Waals surface area (Å²) in [4.78, 5) is 10.6. The molecule has 0 aromatic heterocycles. The summed E-state index contributed by atoms with van der Waals surface area (Å²) in [7, 11) is 1.86. The number of ketones is 1. The zero-order valence-corrected chi connectivity index (χ0v) is 11.7. The van der Waals surface area contributed by atoms with E-state index in [1.54, 1.807) is 6.92 Å². The van der Waals surface area contributed by atoms with Crippen molar-refractivity contribution in [3.05, 3.63) is 35.9 Å². The van der Waals surface area contributed by atoms with Crippen LogP contribution in [0.4, 0.5) is 0 Å². The van der Waals surface area contributed by atoms with Crippen LogP contribution in [0.15, 0.2) is 30.3 Å². The number of carbonyl (C=O) groups excluding carboxylic acids is 1. The lowest BCUT2D eigenvalue weighted by atomic mass is 10.2. The molecule has 66 valence electrons. The molecule has 0 fully saturated rings. The van der Waals surface area contributed by atoms with E-state index in [1.807, 2.05) is 30.3 Å². The molecule has 1 rings (SSSR count). The second-order valence-corrected chi connectivity index (χ2v) is 5.60. The molecule has 4 heteroatoms. The van der Waals surface area contributed by atoms with Gasteiger partial charge in [-0.25, -0.2) is 0 Å². The summed E-state index contributed by atoms with van der Waals surface area (Å²) in [5.41, 5.74) is 0.775. The van der Waals surface area contributed by atoms with Gasteiger partial charge in [0.1, 0.15) is 21.0 Å². The van der Waals surface area contributed by atoms with Gasteiger partial charge in [0.15, 0.2) is 5.78 Å². The molecule has 0 amide bonds. The van der Waals surface area contributed by atoms with E-state index in [0.717, 1.165) is 26.5 Å². The lowest BCUT2D eigenvalue weighted by Crippen LogP contribution is -1.88. The summed E-state index contributed by atoms with van der Waals surface area (Å²) in [6.45, 7) is 1.56. The molecule has 0 bridgehead atoms. The Bertz CT molecular complexity index is 224. The molecule has 0 spiro atoms. The molecule has 0 N–H and O–H groups in total. The van der Waals surface area contributed by atoms with Crippen molar-refractivity contribution in [1.29, 1.82) is 0 Å². The van der Waals surface area contributed by atoms with Crippen LogP contribution >= 0.6 is 0 Å². The Labute approximate surface area is 79.0 Å². The van der Waals surface area contributed by atoms with E-state index < -0.39 is 0 Å². The quantitative estimate of drug-likeness (QED) is 0.447. The Morgan fingerprint density at radius 1 is 1.25 bits per heavy atom. The zero-order valence-electron chi connectivity index (χ0n) is 7.70. The zero-order chi connectivity index (χ0) is 9.40. The van der Waals surface area contributed by atoms with Crippen LogP contribution in [0.2, 0.25) is 0 Å². The first-order valence-electron chi connectivity index (χ1n) is 3.68. The molecule has 12 heavy (non-hydrogen) atoms. The highest BCUT2D eigenvalue weighted by Crippen LogP contribution is 1.97. The average Bonchev–Trinajstić information content (AvgIpc) is 2.07. The largest absolute Gasteiger partial charge is 0.471 e. The third-order valence-electron chi connectivity index (χ3n) is 1.18. The van der Waals surface area contributed by atoms with Crippen molar-refractivity contribution in [3.63, 3.8) is 0 Å². The second kappa shape index (κ2) is 6.96. The number of carbonyl (C=O) groups is 1. The monoisotopic (exact) mass is 198 g/mol.